The van der Waals surface area contributed by atoms with Crippen LogP contribution in [0, 0.1) is 19.1 Å². The van der Waals surface area contributed by atoms with Gasteiger partial charge in [-0.1, -0.05) is 87.2 Å². The third kappa shape index (κ3) is 8.26. The van der Waals surface area contributed by atoms with Crippen LogP contribution in [0.5, 0.6) is 0 Å². The predicted molar refractivity (Wildman–Crippen MR) is 246 cm³/mol. The molecule has 0 aliphatic rings. The number of hydrogen-bond donors (Lipinski definition) is 0. The molecular weight excluding hydrogens is 965 g/mol. The number of fused-ring (bicyclic) bond motifs is 4. The SMILES string of the molecule is Cc1ccc2c(n1)sc1c(-c3nc4ccccc4n3-c3c(C(C)C)cc(-c4ccccc4)cc3C(C)C)[c-]ccc12.[CH3][Ge]([CH3])([CH3])[c]1ccc(-c2[c-]cccc2)nc1.[Ir]. The van der Waals surface area contributed by atoms with Crippen molar-refractivity contribution < 1.29 is 20.1 Å². The third-order valence-corrected chi connectivity index (χ3v) is 16.0. The van der Waals surface area contributed by atoms with E-state index in [1.807, 2.05) is 36.5 Å². The van der Waals surface area contributed by atoms with Crippen LogP contribution < -0.4 is 4.40 Å². The van der Waals surface area contributed by atoms with Crippen LogP contribution >= 0.6 is 11.3 Å². The Morgan fingerprint density at radius 2 is 1.38 bits per heavy atom. The molecule has 5 aromatic carbocycles. The van der Waals surface area contributed by atoms with Crippen molar-refractivity contribution >= 4 is 60.3 Å². The van der Waals surface area contributed by atoms with Gasteiger partial charge in [-0.2, -0.15) is 11.3 Å². The van der Waals surface area contributed by atoms with Crippen LogP contribution in [-0.2, 0) is 20.1 Å². The summed E-state index contributed by atoms with van der Waals surface area (Å²) in [4.78, 5) is 15.7. The van der Waals surface area contributed by atoms with E-state index < -0.39 is 13.3 Å². The maximum atomic E-state index is 5.30. The van der Waals surface area contributed by atoms with E-state index in [4.69, 9.17) is 9.97 Å². The van der Waals surface area contributed by atoms with E-state index in [9.17, 15) is 0 Å². The third-order valence-electron chi connectivity index (χ3n) is 10.6. The number of nitrogens with zero attached hydrogens (tertiary/aromatic N) is 4. The molecule has 4 heterocycles. The fourth-order valence-corrected chi connectivity index (χ4v) is 10.8. The first-order valence-electron chi connectivity index (χ1n) is 19.8. The second-order valence-corrected chi connectivity index (χ2v) is 28.1. The summed E-state index contributed by atoms with van der Waals surface area (Å²) in [6.07, 6.45) is 2.04. The topological polar surface area (TPSA) is 43.6 Å². The Labute approximate surface area is 363 Å². The van der Waals surface area contributed by atoms with E-state index in [2.05, 4.69) is 171 Å². The molecule has 293 valence electrons. The minimum atomic E-state index is -1.72. The van der Waals surface area contributed by atoms with E-state index >= 15 is 0 Å². The minimum absolute atomic E-state index is 0. The minimum Gasteiger partial charge on any atom is 0 e. The Balaban J connectivity index is 0.000000254. The molecule has 1 radical (unpaired) electrons. The molecule has 0 amide bonds. The van der Waals surface area contributed by atoms with Gasteiger partial charge in [-0.25, -0.2) is 4.98 Å². The second kappa shape index (κ2) is 17.2. The van der Waals surface area contributed by atoms with Gasteiger partial charge in [-0.05, 0) is 81.4 Å². The molecule has 0 aliphatic heterocycles. The second-order valence-electron chi connectivity index (χ2n) is 16.4. The molecule has 0 spiro atoms. The number of benzene rings is 5. The standard InChI is InChI=1S/C37H32N3S.C14H16GeN.Ir/c1-22(2)30-20-26(25-12-7-6-8-13-25)21-31(23(3)4)34(30)40-33-17-10-9-16-32(33)39-36(40)29-15-11-14-27-28-19-18-24(5)38-37(28)41-35(27)29;1-15(2,3)13-9-10-14(16-11-13)12-7-5-4-6-8-12;/h6-14,16-23H,1-5H3;4-7,9-11H,1-3H3;/q2*-1;. The maximum absolute atomic E-state index is 5.30. The van der Waals surface area contributed by atoms with Gasteiger partial charge in [0.2, 0.25) is 0 Å². The van der Waals surface area contributed by atoms with Crippen molar-refractivity contribution in [2.75, 3.05) is 0 Å². The van der Waals surface area contributed by atoms with Crippen molar-refractivity contribution in [1.29, 1.82) is 0 Å². The fourth-order valence-electron chi connectivity index (χ4n) is 7.47. The van der Waals surface area contributed by atoms with Crippen LogP contribution in [0.3, 0.4) is 0 Å². The Bertz CT molecular complexity index is 2810. The first-order chi connectivity index (χ1) is 27.5. The maximum Gasteiger partial charge on any atom is 0 e. The first-order valence-corrected chi connectivity index (χ1v) is 28.0. The van der Waals surface area contributed by atoms with Gasteiger partial charge in [0, 0.05) is 31.5 Å². The molecule has 0 saturated carbocycles. The van der Waals surface area contributed by atoms with E-state index in [0.717, 1.165) is 44.2 Å². The average molecular weight is 1010 g/mol. The molecule has 0 aliphatic carbocycles. The number of para-hydroxylation sites is 2. The molecular formula is C51H48GeIrN4S-2. The summed E-state index contributed by atoms with van der Waals surface area (Å²) in [5, 5.41) is 2.39. The molecule has 0 fully saturated rings. The zero-order valence-corrected chi connectivity index (χ0v) is 39.7. The smallest absolute Gasteiger partial charge is 0 e. The zero-order chi connectivity index (χ0) is 39.8. The summed E-state index contributed by atoms with van der Waals surface area (Å²) < 4.78 is 5.03. The van der Waals surface area contributed by atoms with Gasteiger partial charge in [0.25, 0.3) is 0 Å². The van der Waals surface area contributed by atoms with Crippen molar-refractivity contribution in [2.45, 2.75) is 63.7 Å². The Morgan fingerprint density at radius 1 is 0.672 bits per heavy atom. The molecule has 9 aromatic rings. The van der Waals surface area contributed by atoms with E-state index in [0.29, 0.717) is 11.8 Å². The molecule has 7 heteroatoms. The summed E-state index contributed by atoms with van der Waals surface area (Å²) in [7, 11) is 0. The summed E-state index contributed by atoms with van der Waals surface area (Å²) in [5.41, 5.74) is 12.6. The molecule has 0 bridgehead atoms. The Kier molecular flexibility index (Phi) is 12.3. The van der Waals surface area contributed by atoms with Gasteiger partial charge in [0.15, 0.2) is 0 Å². The van der Waals surface area contributed by atoms with Gasteiger partial charge in [-0.15, -0.1) is 18.2 Å². The quantitative estimate of drug-likeness (QED) is 0.118. The molecule has 4 aromatic heterocycles. The van der Waals surface area contributed by atoms with E-state index in [1.165, 1.54) is 47.8 Å². The summed E-state index contributed by atoms with van der Waals surface area (Å²) in [6, 6.07) is 51.6. The monoisotopic (exact) mass is 1020 g/mol. The zero-order valence-electron chi connectivity index (χ0n) is 34.4. The van der Waals surface area contributed by atoms with Crippen molar-refractivity contribution in [3.63, 3.8) is 0 Å². The number of imidazole rings is 1. The number of thiophene rings is 1. The normalized spacial score (nSPS) is 11.6. The van der Waals surface area contributed by atoms with Crippen molar-refractivity contribution in [1.82, 2.24) is 19.5 Å². The van der Waals surface area contributed by atoms with Gasteiger partial charge in [0.05, 0.1) is 16.9 Å². The molecule has 0 atom stereocenters. The molecule has 0 unspecified atom stereocenters. The first kappa shape index (κ1) is 41.4. The molecule has 0 N–H and O–H groups in total. The molecule has 4 nitrogen and oxygen atoms in total. The largest absolute Gasteiger partial charge is 0 e. The number of aromatic nitrogens is 4. The van der Waals surface area contributed by atoms with Crippen LogP contribution in [0.1, 0.15) is 56.4 Å². The Morgan fingerprint density at radius 3 is 2.03 bits per heavy atom. The van der Waals surface area contributed by atoms with Gasteiger partial charge in [0.1, 0.15) is 4.83 Å². The van der Waals surface area contributed by atoms with Gasteiger partial charge >= 0.3 is 99.8 Å². The number of pyridine rings is 2. The number of rotatable bonds is 7. The van der Waals surface area contributed by atoms with Gasteiger partial charge < -0.3 is 4.57 Å². The van der Waals surface area contributed by atoms with E-state index in [1.54, 1.807) is 11.3 Å². The molecule has 58 heavy (non-hydrogen) atoms. The Hall–Kier alpha value is -4.72. The van der Waals surface area contributed by atoms with E-state index in [-0.39, 0.29) is 20.1 Å². The van der Waals surface area contributed by atoms with Gasteiger partial charge in [-0.3, -0.25) is 4.98 Å². The number of hydrogen-bond acceptors (Lipinski definition) is 4. The number of aryl methyl sites for hydroxylation is 1. The van der Waals surface area contributed by atoms with Crippen LogP contribution in [0.2, 0.25) is 17.3 Å². The predicted octanol–water partition coefficient (Wildman–Crippen LogP) is 13.6. The van der Waals surface area contributed by atoms with Crippen LogP contribution in [0.4, 0.5) is 0 Å². The molecule has 9 rings (SSSR count). The summed E-state index contributed by atoms with van der Waals surface area (Å²) in [6.45, 7) is 11.2. The van der Waals surface area contributed by atoms with Crippen molar-refractivity contribution in [3.05, 3.63) is 163 Å². The van der Waals surface area contributed by atoms with Crippen LogP contribution in [0.25, 0.3) is 70.8 Å². The summed E-state index contributed by atoms with van der Waals surface area (Å²) >= 11 is 0.0202. The molecule has 0 saturated heterocycles. The summed E-state index contributed by atoms with van der Waals surface area (Å²) in [5.74, 6) is 8.70. The van der Waals surface area contributed by atoms with Crippen LogP contribution in [-0.4, -0.2) is 32.8 Å². The fraction of sp³-hybridized carbons (Fsp3) is 0.196. The van der Waals surface area contributed by atoms with Crippen LogP contribution in [0.15, 0.2) is 134 Å². The van der Waals surface area contributed by atoms with Crippen molar-refractivity contribution in [2.24, 2.45) is 0 Å². The average Bonchev–Trinajstić information content (AvgIpc) is 3.79. The van der Waals surface area contributed by atoms with Crippen molar-refractivity contribution in [3.8, 4) is 39.5 Å².